The highest BCUT2D eigenvalue weighted by atomic mass is 16.3. The summed E-state index contributed by atoms with van der Waals surface area (Å²) in [4.78, 5) is 12.3. The number of H-pyrrole nitrogens is 1. The molecule has 1 atom stereocenters. The smallest absolute Gasteiger partial charge is 0.103 e. The fourth-order valence-corrected chi connectivity index (χ4v) is 3.33. The SMILES string of the molecule is Cc1ncc(-c2c(-c3ccccc3)ncn2C[C@H](O)Cc2ccccc2)[nH]1. The molecule has 5 heteroatoms. The number of hydrogen-bond acceptors (Lipinski definition) is 3. The summed E-state index contributed by atoms with van der Waals surface area (Å²) in [6.07, 6.45) is 3.70. The minimum atomic E-state index is -0.506. The molecular formula is C22H22N4O. The molecule has 2 N–H and O–H groups in total. The molecule has 2 aromatic heterocycles. The van der Waals surface area contributed by atoms with Gasteiger partial charge in [0, 0.05) is 12.0 Å². The predicted molar refractivity (Wildman–Crippen MR) is 106 cm³/mol. The van der Waals surface area contributed by atoms with Crippen LogP contribution in [-0.2, 0) is 13.0 Å². The van der Waals surface area contributed by atoms with Crippen molar-refractivity contribution >= 4 is 0 Å². The maximum absolute atomic E-state index is 10.6. The number of hydrogen-bond donors (Lipinski definition) is 2. The van der Waals surface area contributed by atoms with Crippen molar-refractivity contribution in [3.8, 4) is 22.6 Å². The fraction of sp³-hybridized carbons (Fsp3) is 0.182. The molecule has 0 saturated carbocycles. The fourth-order valence-electron chi connectivity index (χ4n) is 3.33. The van der Waals surface area contributed by atoms with Gasteiger partial charge < -0.3 is 14.7 Å². The summed E-state index contributed by atoms with van der Waals surface area (Å²) in [5.41, 5.74) is 4.87. The van der Waals surface area contributed by atoms with Crippen LogP contribution < -0.4 is 0 Å². The van der Waals surface area contributed by atoms with Crippen LogP contribution in [-0.4, -0.2) is 30.7 Å². The van der Waals surface area contributed by atoms with Gasteiger partial charge in [-0.1, -0.05) is 60.7 Å². The zero-order valence-corrected chi connectivity index (χ0v) is 15.2. The second-order valence-corrected chi connectivity index (χ2v) is 6.69. The van der Waals surface area contributed by atoms with Gasteiger partial charge >= 0.3 is 0 Å². The van der Waals surface area contributed by atoms with E-state index in [9.17, 15) is 5.11 Å². The number of aromatic amines is 1. The maximum Gasteiger partial charge on any atom is 0.103 e. The van der Waals surface area contributed by atoms with E-state index >= 15 is 0 Å². The van der Waals surface area contributed by atoms with Gasteiger partial charge in [-0.3, -0.25) is 0 Å². The maximum atomic E-state index is 10.6. The van der Waals surface area contributed by atoms with E-state index in [4.69, 9.17) is 0 Å². The lowest BCUT2D eigenvalue weighted by molar-refractivity contribution is 0.155. The van der Waals surface area contributed by atoms with Gasteiger partial charge in [0.05, 0.1) is 42.3 Å². The number of benzene rings is 2. The lowest BCUT2D eigenvalue weighted by Gasteiger charge is -2.14. The molecule has 5 nitrogen and oxygen atoms in total. The first-order valence-electron chi connectivity index (χ1n) is 9.05. The van der Waals surface area contributed by atoms with Crippen molar-refractivity contribution in [2.45, 2.75) is 26.0 Å². The molecule has 136 valence electrons. The van der Waals surface area contributed by atoms with Crippen LogP contribution in [0.25, 0.3) is 22.6 Å². The van der Waals surface area contributed by atoms with Crippen molar-refractivity contribution in [3.05, 3.63) is 84.6 Å². The molecule has 0 aliphatic rings. The van der Waals surface area contributed by atoms with E-state index in [1.165, 1.54) is 0 Å². The molecule has 0 fully saturated rings. The molecule has 0 unspecified atom stereocenters. The third-order valence-corrected chi connectivity index (χ3v) is 4.56. The molecule has 4 aromatic rings. The molecule has 0 aliphatic heterocycles. The Labute approximate surface area is 158 Å². The molecule has 2 aromatic carbocycles. The predicted octanol–water partition coefficient (Wildman–Crippen LogP) is 3.85. The Kier molecular flexibility index (Phi) is 4.85. The van der Waals surface area contributed by atoms with Crippen molar-refractivity contribution in [1.82, 2.24) is 19.5 Å². The second kappa shape index (κ2) is 7.60. The number of aliphatic hydroxyl groups is 1. The van der Waals surface area contributed by atoms with E-state index in [0.717, 1.165) is 34.0 Å². The first-order chi connectivity index (χ1) is 13.2. The van der Waals surface area contributed by atoms with Crippen LogP contribution in [0.15, 0.2) is 73.2 Å². The number of aryl methyl sites for hydroxylation is 1. The van der Waals surface area contributed by atoms with Gasteiger partial charge in [-0.2, -0.15) is 0 Å². The Hall–Kier alpha value is -3.18. The van der Waals surface area contributed by atoms with Gasteiger partial charge in [0.15, 0.2) is 0 Å². The van der Waals surface area contributed by atoms with Crippen LogP contribution in [0.4, 0.5) is 0 Å². The lowest BCUT2D eigenvalue weighted by Crippen LogP contribution is -2.18. The number of nitrogens with one attached hydrogen (secondary N) is 1. The average Bonchev–Trinajstić information content (AvgIpc) is 3.29. The molecule has 2 heterocycles. The zero-order chi connectivity index (χ0) is 18.6. The van der Waals surface area contributed by atoms with E-state index in [-0.39, 0.29) is 0 Å². The molecule has 0 amide bonds. The summed E-state index contributed by atoms with van der Waals surface area (Å²) in [7, 11) is 0. The zero-order valence-electron chi connectivity index (χ0n) is 15.2. The van der Waals surface area contributed by atoms with E-state index in [0.29, 0.717) is 13.0 Å². The van der Waals surface area contributed by atoms with Gasteiger partial charge in [0.2, 0.25) is 0 Å². The van der Waals surface area contributed by atoms with Gasteiger partial charge in [0.1, 0.15) is 5.82 Å². The number of aromatic nitrogens is 4. The number of nitrogens with zero attached hydrogens (tertiary/aromatic N) is 3. The summed E-state index contributed by atoms with van der Waals surface area (Å²) in [5.74, 6) is 0.849. The van der Waals surface area contributed by atoms with Crippen LogP contribution in [0.1, 0.15) is 11.4 Å². The summed E-state index contributed by atoms with van der Waals surface area (Å²) in [6.45, 7) is 2.39. The molecule has 4 rings (SSSR count). The van der Waals surface area contributed by atoms with Crippen molar-refractivity contribution in [2.75, 3.05) is 0 Å². The standard InChI is InChI=1S/C22H22N4O/c1-16-23-13-20(25-16)22-21(18-10-6-3-7-11-18)24-15-26(22)14-19(27)12-17-8-4-2-5-9-17/h2-11,13,15,19,27H,12,14H2,1H3,(H,23,25)/t19-/m1/s1. The Balaban J connectivity index is 1.67. The normalized spacial score (nSPS) is 12.2. The van der Waals surface area contributed by atoms with E-state index in [1.807, 2.05) is 78.4 Å². The summed E-state index contributed by atoms with van der Waals surface area (Å²) >= 11 is 0. The van der Waals surface area contributed by atoms with Crippen LogP contribution in [0.3, 0.4) is 0 Å². The molecule has 0 radical (unpaired) electrons. The highest BCUT2D eigenvalue weighted by molar-refractivity contribution is 5.76. The Morgan fingerprint density at radius 2 is 1.70 bits per heavy atom. The molecule has 0 saturated heterocycles. The lowest BCUT2D eigenvalue weighted by atomic mass is 10.1. The first-order valence-corrected chi connectivity index (χ1v) is 9.05. The van der Waals surface area contributed by atoms with Crippen LogP contribution in [0, 0.1) is 6.92 Å². The van der Waals surface area contributed by atoms with Crippen molar-refractivity contribution < 1.29 is 5.11 Å². The number of rotatable bonds is 6. The van der Waals surface area contributed by atoms with Gasteiger partial charge in [-0.25, -0.2) is 9.97 Å². The highest BCUT2D eigenvalue weighted by Gasteiger charge is 2.18. The van der Waals surface area contributed by atoms with Crippen LogP contribution >= 0.6 is 0 Å². The quantitative estimate of drug-likeness (QED) is 0.550. The Morgan fingerprint density at radius 3 is 2.37 bits per heavy atom. The van der Waals surface area contributed by atoms with Crippen molar-refractivity contribution in [1.29, 1.82) is 0 Å². The second-order valence-electron chi connectivity index (χ2n) is 6.69. The average molecular weight is 358 g/mol. The van der Waals surface area contributed by atoms with Crippen LogP contribution in [0.2, 0.25) is 0 Å². The van der Waals surface area contributed by atoms with E-state index in [1.54, 1.807) is 6.33 Å². The van der Waals surface area contributed by atoms with E-state index < -0.39 is 6.10 Å². The number of imidazole rings is 2. The minimum absolute atomic E-state index is 0.460. The molecule has 0 bridgehead atoms. The van der Waals surface area contributed by atoms with Crippen molar-refractivity contribution in [2.24, 2.45) is 0 Å². The van der Waals surface area contributed by atoms with Gasteiger partial charge in [-0.05, 0) is 12.5 Å². The van der Waals surface area contributed by atoms with Crippen LogP contribution in [0.5, 0.6) is 0 Å². The minimum Gasteiger partial charge on any atom is -0.391 e. The summed E-state index contributed by atoms with van der Waals surface area (Å²) in [6, 6.07) is 20.1. The summed E-state index contributed by atoms with van der Waals surface area (Å²) < 4.78 is 2.00. The first kappa shape index (κ1) is 17.2. The third kappa shape index (κ3) is 3.83. The number of aliphatic hydroxyl groups excluding tert-OH is 1. The molecule has 27 heavy (non-hydrogen) atoms. The topological polar surface area (TPSA) is 66.7 Å². The van der Waals surface area contributed by atoms with E-state index in [2.05, 4.69) is 15.0 Å². The monoisotopic (exact) mass is 358 g/mol. The Morgan fingerprint density at radius 1 is 1.00 bits per heavy atom. The summed E-state index contributed by atoms with van der Waals surface area (Å²) in [5, 5.41) is 10.6. The largest absolute Gasteiger partial charge is 0.391 e. The van der Waals surface area contributed by atoms with Gasteiger partial charge in [-0.15, -0.1) is 0 Å². The van der Waals surface area contributed by atoms with Crippen molar-refractivity contribution in [3.63, 3.8) is 0 Å². The van der Waals surface area contributed by atoms with Gasteiger partial charge in [0.25, 0.3) is 0 Å². The molecule has 0 spiro atoms. The third-order valence-electron chi connectivity index (χ3n) is 4.56. The molecular weight excluding hydrogens is 336 g/mol. The molecule has 0 aliphatic carbocycles. The Bertz CT molecular complexity index is 1010. The highest BCUT2D eigenvalue weighted by Crippen LogP contribution is 2.30.